The van der Waals surface area contributed by atoms with Gasteiger partial charge in [-0.05, 0) is 31.1 Å². The Labute approximate surface area is 128 Å². The number of nitrogens with two attached hydrogens (primary N) is 1. The van der Waals surface area contributed by atoms with E-state index < -0.39 is 11.2 Å². The highest BCUT2D eigenvalue weighted by Crippen LogP contribution is 2.27. The van der Waals surface area contributed by atoms with Crippen LogP contribution < -0.4 is 17.0 Å². The fraction of sp³-hybridized carbons (Fsp3) is 0.667. The van der Waals surface area contributed by atoms with E-state index in [0.717, 1.165) is 19.3 Å². The van der Waals surface area contributed by atoms with E-state index >= 15 is 0 Å². The number of aromatic amines is 2. The zero-order valence-electron chi connectivity index (χ0n) is 13.3. The Morgan fingerprint density at radius 2 is 1.91 bits per heavy atom. The summed E-state index contributed by atoms with van der Waals surface area (Å²) in [5, 5.41) is 0. The lowest BCUT2D eigenvalue weighted by atomic mass is 9.95. The van der Waals surface area contributed by atoms with Crippen LogP contribution in [-0.4, -0.2) is 33.4 Å². The summed E-state index contributed by atoms with van der Waals surface area (Å²) < 4.78 is 0. The molecule has 7 heteroatoms. The fourth-order valence-electron chi connectivity index (χ4n) is 3.03. The molecule has 0 aliphatic carbocycles. The van der Waals surface area contributed by atoms with Crippen LogP contribution in [-0.2, 0) is 0 Å². The summed E-state index contributed by atoms with van der Waals surface area (Å²) in [4.78, 5) is 42.0. The van der Waals surface area contributed by atoms with Crippen molar-refractivity contribution in [1.29, 1.82) is 0 Å². The van der Waals surface area contributed by atoms with Crippen LogP contribution in [0.3, 0.4) is 0 Å². The Morgan fingerprint density at radius 1 is 1.23 bits per heavy atom. The highest BCUT2D eigenvalue weighted by Gasteiger charge is 2.31. The topological polar surface area (TPSA) is 112 Å². The second-order valence-electron chi connectivity index (χ2n) is 6.48. The second-order valence-corrected chi connectivity index (χ2v) is 6.48. The van der Waals surface area contributed by atoms with Crippen LogP contribution >= 0.6 is 0 Å². The highest BCUT2D eigenvalue weighted by atomic mass is 16.2. The Balaban J connectivity index is 2.41. The molecule has 0 bridgehead atoms. The van der Waals surface area contributed by atoms with E-state index in [2.05, 4.69) is 25.8 Å². The van der Waals surface area contributed by atoms with Gasteiger partial charge in [0.2, 0.25) is 0 Å². The van der Waals surface area contributed by atoms with Gasteiger partial charge in [-0.3, -0.25) is 14.6 Å². The third-order valence-corrected chi connectivity index (χ3v) is 4.44. The molecule has 0 aromatic carbocycles. The summed E-state index contributed by atoms with van der Waals surface area (Å²) in [5.41, 5.74) is 3.91. The summed E-state index contributed by atoms with van der Waals surface area (Å²) >= 11 is 0. The number of nitrogen functional groups attached to an aromatic ring is 1. The maximum Gasteiger partial charge on any atom is 0.326 e. The Morgan fingerprint density at radius 3 is 2.55 bits per heavy atom. The number of nitrogens with one attached hydrogen (secondary N) is 2. The van der Waals surface area contributed by atoms with E-state index in [4.69, 9.17) is 5.73 Å². The molecule has 7 nitrogen and oxygen atoms in total. The van der Waals surface area contributed by atoms with E-state index in [1.807, 2.05) is 4.98 Å². The Kier molecular flexibility index (Phi) is 4.73. The normalized spacial score (nSPS) is 22.6. The van der Waals surface area contributed by atoms with Crippen molar-refractivity contribution < 1.29 is 4.79 Å². The van der Waals surface area contributed by atoms with E-state index in [9.17, 15) is 14.4 Å². The predicted octanol–water partition coefficient (Wildman–Crippen LogP) is 0.932. The number of amides is 1. The number of rotatable bonds is 2. The van der Waals surface area contributed by atoms with E-state index in [1.54, 1.807) is 4.90 Å². The second kappa shape index (κ2) is 6.37. The maximum atomic E-state index is 12.8. The van der Waals surface area contributed by atoms with Gasteiger partial charge in [0.15, 0.2) is 0 Å². The lowest BCUT2D eigenvalue weighted by molar-refractivity contribution is 0.0625. The molecule has 0 radical (unpaired) electrons. The molecule has 0 spiro atoms. The van der Waals surface area contributed by atoms with Crippen LogP contribution in [0, 0.1) is 11.8 Å². The molecule has 2 rings (SSSR count). The van der Waals surface area contributed by atoms with Gasteiger partial charge in [-0.25, -0.2) is 4.79 Å². The van der Waals surface area contributed by atoms with Crippen LogP contribution in [0.4, 0.5) is 5.69 Å². The summed E-state index contributed by atoms with van der Waals surface area (Å²) in [6.07, 6.45) is 2.88. The van der Waals surface area contributed by atoms with Crippen molar-refractivity contribution in [2.45, 2.75) is 46.1 Å². The van der Waals surface area contributed by atoms with Gasteiger partial charge in [0.05, 0.1) is 0 Å². The number of likely N-dealkylation sites (tertiary alicyclic amines) is 1. The molecule has 2 atom stereocenters. The minimum atomic E-state index is -0.726. The molecule has 1 aliphatic rings. The summed E-state index contributed by atoms with van der Waals surface area (Å²) in [6.45, 7) is 6.93. The molecule has 4 N–H and O–H groups in total. The van der Waals surface area contributed by atoms with Gasteiger partial charge in [-0.2, -0.15) is 0 Å². The molecule has 122 valence electrons. The number of anilines is 1. The van der Waals surface area contributed by atoms with Crippen molar-refractivity contribution in [2.24, 2.45) is 11.8 Å². The first-order chi connectivity index (χ1) is 10.3. The maximum absolute atomic E-state index is 12.8. The number of H-pyrrole nitrogens is 2. The Hall–Kier alpha value is -2.05. The fourth-order valence-corrected chi connectivity index (χ4v) is 3.03. The van der Waals surface area contributed by atoms with Gasteiger partial charge in [0, 0.05) is 12.6 Å². The standard InChI is InChI=1S/C15H24N4O3/c1-8(2)10-5-4-9(3)6-7-19(10)14(21)12-11(16)13(20)18-15(22)17-12/h8-10H,4-7,16H2,1-3H3,(H2,17,18,20,22)/t9-,10-/m0/s1. The zero-order chi connectivity index (χ0) is 16.4. The predicted molar refractivity (Wildman–Crippen MR) is 84.8 cm³/mol. The molecule has 1 fully saturated rings. The number of hydrogen-bond donors (Lipinski definition) is 3. The molecular weight excluding hydrogens is 284 g/mol. The van der Waals surface area contributed by atoms with E-state index in [1.165, 1.54) is 0 Å². The van der Waals surface area contributed by atoms with Crippen molar-refractivity contribution in [1.82, 2.24) is 14.9 Å². The molecule has 1 aliphatic heterocycles. The van der Waals surface area contributed by atoms with Crippen LogP contribution in [0.15, 0.2) is 9.59 Å². The number of aromatic nitrogens is 2. The number of carbonyl (C=O) groups excluding carboxylic acids is 1. The monoisotopic (exact) mass is 308 g/mol. The third kappa shape index (κ3) is 3.23. The molecule has 0 saturated carbocycles. The van der Waals surface area contributed by atoms with Crippen molar-refractivity contribution in [3.8, 4) is 0 Å². The molecule has 1 aromatic rings. The molecule has 0 unspecified atom stereocenters. The summed E-state index contributed by atoms with van der Waals surface area (Å²) in [5.74, 6) is 0.479. The quantitative estimate of drug-likeness (QED) is 0.754. The lowest BCUT2D eigenvalue weighted by Crippen LogP contribution is -2.44. The minimum absolute atomic E-state index is 0.0830. The molecular formula is C15H24N4O3. The van der Waals surface area contributed by atoms with E-state index in [0.29, 0.717) is 18.4 Å². The van der Waals surface area contributed by atoms with E-state index in [-0.39, 0.29) is 23.3 Å². The van der Waals surface area contributed by atoms with Crippen molar-refractivity contribution in [2.75, 3.05) is 12.3 Å². The molecule has 2 heterocycles. The van der Waals surface area contributed by atoms with Gasteiger partial charge in [0.1, 0.15) is 11.4 Å². The molecule has 1 aromatic heterocycles. The van der Waals surface area contributed by atoms with Gasteiger partial charge >= 0.3 is 5.69 Å². The van der Waals surface area contributed by atoms with Crippen LogP contribution in [0.2, 0.25) is 0 Å². The van der Waals surface area contributed by atoms with Crippen molar-refractivity contribution in [3.63, 3.8) is 0 Å². The van der Waals surface area contributed by atoms with Crippen molar-refractivity contribution in [3.05, 3.63) is 26.5 Å². The SMILES string of the molecule is CC(C)[C@@H]1CC[C@H](C)CCN1C(=O)c1[nH]c(=O)[nH]c(=O)c1N. The van der Waals surface area contributed by atoms with Gasteiger partial charge in [-0.1, -0.05) is 20.8 Å². The van der Waals surface area contributed by atoms with Crippen LogP contribution in [0.1, 0.15) is 50.5 Å². The first-order valence-corrected chi connectivity index (χ1v) is 7.74. The Bertz CT molecular complexity index is 661. The van der Waals surface area contributed by atoms with Gasteiger partial charge in [-0.15, -0.1) is 0 Å². The zero-order valence-corrected chi connectivity index (χ0v) is 13.3. The minimum Gasteiger partial charge on any atom is -0.392 e. The summed E-state index contributed by atoms with van der Waals surface area (Å²) in [7, 11) is 0. The smallest absolute Gasteiger partial charge is 0.326 e. The molecule has 1 amide bonds. The average Bonchev–Trinajstić information content (AvgIpc) is 2.64. The highest BCUT2D eigenvalue weighted by molar-refractivity contribution is 5.97. The van der Waals surface area contributed by atoms with Gasteiger partial charge in [0.25, 0.3) is 11.5 Å². The lowest BCUT2D eigenvalue weighted by Gasteiger charge is -2.33. The molecule has 22 heavy (non-hydrogen) atoms. The summed E-state index contributed by atoms with van der Waals surface area (Å²) in [6, 6.07) is 0.0830. The number of nitrogens with zero attached hydrogens (tertiary/aromatic N) is 1. The van der Waals surface area contributed by atoms with Gasteiger partial charge < -0.3 is 15.6 Å². The largest absolute Gasteiger partial charge is 0.392 e. The first-order valence-electron chi connectivity index (χ1n) is 7.74. The molecule has 1 saturated heterocycles. The van der Waals surface area contributed by atoms with Crippen LogP contribution in [0.25, 0.3) is 0 Å². The van der Waals surface area contributed by atoms with Crippen molar-refractivity contribution >= 4 is 11.6 Å². The average molecular weight is 308 g/mol. The first kappa shape index (κ1) is 16.3. The number of carbonyl (C=O) groups is 1. The third-order valence-electron chi connectivity index (χ3n) is 4.44. The van der Waals surface area contributed by atoms with Crippen LogP contribution in [0.5, 0.6) is 0 Å². The number of hydrogen-bond acceptors (Lipinski definition) is 4.